The van der Waals surface area contributed by atoms with E-state index in [9.17, 15) is 22.8 Å². The second-order valence-electron chi connectivity index (χ2n) is 9.54. The predicted octanol–water partition coefficient (Wildman–Crippen LogP) is 8.88. The van der Waals surface area contributed by atoms with E-state index in [0.717, 1.165) is 28.8 Å². The molecule has 0 aliphatic heterocycles. The summed E-state index contributed by atoms with van der Waals surface area (Å²) in [6.45, 7) is 0.316. The third-order valence-corrected chi connectivity index (χ3v) is 6.91. The molecule has 0 aliphatic rings. The van der Waals surface area contributed by atoms with Gasteiger partial charge in [0.05, 0.1) is 5.56 Å². The third-order valence-electron chi connectivity index (χ3n) is 6.66. The highest BCUT2D eigenvalue weighted by atomic mass is 35.5. The molecule has 4 nitrogen and oxygen atoms in total. The van der Waals surface area contributed by atoms with Gasteiger partial charge in [-0.05, 0) is 76.3 Å². The molecule has 0 unspecified atom stereocenters. The number of nitrogens with one attached hydrogen (secondary N) is 2. The topological polar surface area (TPSA) is 58.2 Å². The van der Waals surface area contributed by atoms with Crippen LogP contribution < -0.4 is 10.6 Å². The van der Waals surface area contributed by atoms with E-state index >= 15 is 0 Å². The monoisotopic (exact) mass is 584 g/mol. The first kappa shape index (κ1) is 28.6. The van der Waals surface area contributed by atoms with Gasteiger partial charge in [0.25, 0.3) is 11.8 Å². The van der Waals surface area contributed by atoms with Crippen LogP contribution in [0.1, 0.15) is 31.8 Å². The molecule has 42 heavy (non-hydrogen) atoms. The summed E-state index contributed by atoms with van der Waals surface area (Å²) in [5, 5.41) is 6.35. The maximum Gasteiger partial charge on any atom is 0.416 e. The van der Waals surface area contributed by atoms with E-state index in [-0.39, 0.29) is 11.5 Å². The molecule has 2 amide bonds. The average Bonchev–Trinajstić information content (AvgIpc) is 3.00. The number of carbonyl (C=O) groups excluding carboxylic acids is 2. The van der Waals surface area contributed by atoms with Crippen LogP contribution in [0.25, 0.3) is 22.3 Å². The molecule has 0 heterocycles. The van der Waals surface area contributed by atoms with Gasteiger partial charge in [-0.3, -0.25) is 9.59 Å². The lowest BCUT2D eigenvalue weighted by molar-refractivity contribution is -0.137. The van der Waals surface area contributed by atoms with Crippen molar-refractivity contribution in [3.63, 3.8) is 0 Å². The molecule has 0 bridgehead atoms. The van der Waals surface area contributed by atoms with Crippen LogP contribution in [-0.4, -0.2) is 11.8 Å². The standard InChI is InChI=1S/C34H24ClF3N2O2/c35-28-18-14-24(15-19-28)23-10-8-22(9-11-23)21-39-32(41)26-4-3-5-29(20-26)40-33(42)31-7-2-1-6-30(31)25-12-16-27(17-13-25)34(36,37)38/h1-20H,21H2,(H,39,41)(H,40,42). The molecule has 0 radical (unpaired) electrons. The summed E-state index contributed by atoms with van der Waals surface area (Å²) >= 11 is 5.96. The molecule has 0 fully saturated rings. The predicted molar refractivity (Wildman–Crippen MR) is 159 cm³/mol. The first-order chi connectivity index (χ1) is 20.2. The van der Waals surface area contributed by atoms with Gasteiger partial charge < -0.3 is 10.6 Å². The van der Waals surface area contributed by atoms with Gasteiger partial charge in [-0.25, -0.2) is 0 Å². The van der Waals surface area contributed by atoms with Crippen LogP contribution in [-0.2, 0) is 12.7 Å². The Hall–Kier alpha value is -4.88. The van der Waals surface area contributed by atoms with E-state index in [1.807, 2.05) is 48.5 Å². The summed E-state index contributed by atoms with van der Waals surface area (Å²) in [5.74, 6) is -0.762. The molecule has 0 spiro atoms. The Balaban J connectivity index is 1.24. The number of amides is 2. The van der Waals surface area contributed by atoms with Crippen molar-refractivity contribution in [3.8, 4) is 22.3 Å². The van der Waals surface area contributed by atoms with Crippen molar-refractivity contribution < 1.29 is 22.8 Å². The summed E-state index contributed by atoms with van der Waals surface area (Å²) in [7, 11) is 0. The lowest BCUT2D eigenvalue weighted by Crippen LogP contribution is -2.23. The van der Waals surface area contributed by atoms with Gasteiger partial charge in [-0.2, -0.15) is 13.2 Å². The number of anilines is 1. The zero-order valence-corrected chi connectivity index (χ0v) is 22.8. The minimum Gasteiger partial charge on any atom is -0.348 e. The van der Waals surface area contributed by atoms with Gasteiger partial charge in [0, 0.05) is 28.4 Å². The molecule has 0 atom stereocenters. The zero-order chi connectivity index (χ0) is 29.7. The highest BCUT2D eigenvalue weighted by Gasteiger charge is 2.30. The fraction of sp³-hybridized carbons (Fsp3) is 0.0588. The molecular formula is C34H24ClF3N2O2. The van der Waals surface area contributed by atoms with Crippen molar-refractivity contribution in [3.05, 3.63) is 149 Å². The summed E-state index contributed by atoms with van der Waals surface area (Å²) in [6.07, 6.45) is -4.45. The number of benzene rings is 5. The first-order valence-corrected chi connectivity index (χ1v) is 13.4. The molecule has 5 rings (SSSR count). The molecule has 0 aliphatic carbocycles. The van der Waals surface area contributed by atoms with Crippen LogP contribution in [0.4, 0.5) is 18.9 Å². The minimum atomic E-state index is -4.45. The van der Waals surface area contributed by atoms with E-state index in [1.54, 1.807) is 48.5 Å². The molecule has 8 heteroatoms. The Bertz CT molecular complexity index is 1720. The van der Waals surface area contributed by atoms with Crippen molar-refractivity contribution in [2.75, 3.05) is 5.32 Å². The molecule has 2 N–H and O–H groups in total. The fourth-order valence-corrected chi connectivity index (χ4v) is 4.58. The highest BCUT2D eigenvalue weighted by Crippen LogP contribution is 2.32. The van der Waals surface area contributed by atoms with Gasteiger partial charge in [0.1, 0.15) is 0 Å². The fourth-order valence-electron chi connectivity index (χ4n) is 4.45. The molecule has 0 saturated heterocycles. The van der Waals surface area contributed by atoms with Crippen molar-refractivity contribution in [1.29, 1.82) is 0 Å². The van der Waals surface area contributed by atoms with Crippen LogP contribution in [0.2, 0.25) is 5.02 Å². The Kier molecular flexibility index (Phi) is 8.41. The number of hydrogen-bond donors (Lipinski definition) is 2. The Morgan fingerprint density at radius 3 is 1.95 bits per heavy atom. The lowest BCUT2D eigenvalue weighted by atomic mass is 9.98. The zero-order valence-electron chi connectivity index (χ0n) is 22.1. The van der Waals surface area contributed by atoms with Crippen molar-refractivity contribution in [1.82, 2.24) is 5.32 Å². The van der Waals surface area contributed by atoms with Crippen LogP contribution in [0.5, 0.6) is 0 Å². The quantitative estimate of drug-likeness (QED) is 0.201. The maximum atomic E-state index is 13.2. The van der Waals surface area contributed by atoms with Gasteiger partial charge in [-0.15, -0.1) is 0 Å². The van der Waals surface area contributed by atoms with E-state index < -0.39 is 17.6 Å². The minimum absolute atomic E-state index is 0.286. The van der Waals surface area contributed by atoms with E-state index in [4.69, 9.17) is 11.6 Å². The summed E-state index contributed by atoms with van der Waals surface area (Å²) in [6, 6.07) is 33.2. The number of alkyl halides is 3. The lowest BCUT2D eigenvalue weighted by Gasteiger charge is -2.13. The van der Waals surface area contributed by atoms with Crippen molar-refractivity contribution in [2.24, 2.45) is 0 Å². The van der Waals surface area contributed by atoms with Gasteiger partial charge in [0.15, 0.2) is 0 Å². The number of halogens is 4. The smallest absolute Gasteiger partial charge is 0.348 e. The van der Waals surface area contributed by atoms with Gasteiger partial charge >= 0.3 is 6.18 Å². The molecule has 5 aromatic rings. The Morgan fingerprint density at radius 1 is 0.667 bits per heavy atom. The summed E-state index contributed by atoms with van der Waals surface area (Å²) in [5.41, 5.74) is 4.24. The summed E-state index contributed by atoms with van der Waals surface area (Å²) < 4.78 is 39.0. The van der Waals surface area contributed by atoms with Gasteiger partial charge in [0.2, 0.25) is 0 Å². The maximum absolute atomic E-state index is 13.2. The SMILES string of the molecule is O=C(NCc1ccc(-c2ccc(Cl)cc2)cc1)c1cccc(NC(=O)c2ccccc2-c2ccc(C(F)(F)F)cc2)c1. The highest BCUT2D eigenvalue weighted by molar-refractivity contribution is 6.30. The average molecular weight is 585 g/mol. The molecule has 0 aromatic heterocycles. The summed E-state index contributed by atoms with van der Waals surface area (Å²) in [4.78, 5) is 26.0. The van der Waals surface area contributed by atoms with Gasteiger partial charge in [-0.1, -0.05) is 84.4 Å². The Labute approximate surface area is 245 Å². The normalized spacial score (nSPS) is 11.1. The van der Waals surface area contributed by atoms with Crippen molar-refractivity contribution >= 4 is 29.1 Å². The molecule has 0 saturated carbocycles. The van der Waals surface area contributed by atoms with Crippen LogP contribution >= 0.6 is 11.6 Å². The molecule has 210 valence electrons. The van der Waals surface area contributed by atoms with E-state index in [0.29, 0.717) is 33.9 Å². The van der Waals surface area contributed by atoms with E-state index in [2.05, 4.69) is 10.6 Å². The molecule has 5 aromatic carbocycles. The molecular weight excluding hydrogens is 561 g/mol. The van der Waals surface area contributed by atoms with E-state index in [1.165, 1.54) is 12.1 Å². The largest absolute Gasteiger partial charge is 0.416 e. The Morgan fingerprint density at radius 2 is 1.29 bits per heavy atom. The first-order valence-electron chi connectivity index (χ1n) is 13.0. The van der Waals surface area contributed by atoms with Crippen LogP contribution in [0.15, 0.2) is 121 Å². The van der Waals surface area contributed by atoms with Crippen molar-refractivity contribution in [2.45, 2.75) is 12.7 Å². The van der Waals surface area contributed by atoms with Crippen LogP contribution in [0, 0.1) is 0 Å². The second kappa shape index (κ2) is 12.3. The second-order valence-corrected chi connectivity index (χ2v) is 9.98. The number of rotatable bonds is 7. The number of hydrogen-bond acceptors (Lipinski definition) is 2. The third kappa shape index (κ3) is 6.87. The number of carbonyl (C=O) groups is 2. The van der Waals surface area contributed by atoms with Crippen LogP contribution in [0.3, 0.4) is 0 Å².